The van der Waals surface area contributed by atoms with Gasteiger partial charge in [0.2, 0.25) is 5.91 Å². The molecule has 1 aliphatic rings. The molecule has 1 amide bonds. The maximum absolute atomic E-state index is 12.3. The zero-order valence-electron chi connectivity index (χ0n) is 15.3. The first-order valence-corrected chi connectivity index (χ1v) is 9.04. The van der Waals surface area contributed by atoms with Crippen LogP contribution in [0.25, 0.3) is 0 Å². The van der Waals surface area contributed by atoms with Crippen molar-refractivity contribution in [2.45, 2.75) is 57.9 Å². The molecule has 1 fully saturated rings. The molecule has 1 aromatic rings. The van der Waals surface area contributed by atoms with Crippen LogP contribution in [0.2, 0.25) is 0 Å². The molecule has 25 heavy (non-hydrogen) atoms. The van der Waals surface area contributed by atoms with Crippen molar-refractivity contribution < 1.29 is 14.3 Å². The van der Waals surface area contributed by atoms with Crippen LogP contribution in [-0.2, 0) is 11.2 Å². The normalized spacial score (nSPS) is 15.8. The van der Waals surface area contributed by atoms with Gasteiger partial charge in [0.25, 0.3) is 0 Å². The average Bonchev–Trinajstić information content (AvgIpc) is 2.58. The first kappa shape index (κ1) is 21.6. The number of hydrogen-bond donors (Lipinski definition) is 2. The highest BCUT2D eigenvalue weighted by atomic mass is 35.5. The van der Waals surface area contributed by atoms with Crippen LogP contribution in [0.3, 0.4) is 0 Å². The molecule has 0 radical (unpaired) electrons. The number of nitrogens with one attached hydrogen (secondary N) is 1. The minimum absolute atomic E-state index is 0. The predicted octanol–water partition coefficient (Wildman–Crippen LogP) is 3.23. The molecule has 1 aliphatic carbocycles. The Morgan fingerprint density at radius 3 is 2.40 bits per heavy atom. The standard InChI is InChI=1S/C19H30N2O3.ClH/c1-3-23-16-9-8-15(14-17(16)24-4-2)10-13-21-18(22)19(20)11-6-5-7-12-19;/h8-9,14H,3-7,10-13,20H2,1-2H3,(H,21,22);1H. The van der Waals surface area contributed by atoms with Crippen molar-refractivity contribution in [3.05, 3.63) is 23.8 Å². The molecule has 0 atom stereocenters. The highest BCUT2D eigenvalue weighted by molar-refractivity contribution is 5.86. The van der Waals surface area contributed by atoms with Gasteiger partial charge in [-0.05, 0) is 50.8 Å². The number of ether oxygens (including phenoxy) is 2. The summed E-state index contributed by atoms with van der Waals surface area (Å²) in [6.07, 6.45) is 5.58. The average molecular weight is 371 g/mol. The van der Waals surface area contributed by atoms with Crippen LogP contribution in [0.4, 0.5) is 0 Å². The van der Waals surface area contributed by atoms with Crippen LogP contribution in [0.1, 0.15) is 51.5 Å². The topological polar surface area (TPSA) is 73.6 Å². The van der Waals surface area contributed by atoms with Crippen LogP contribution >= 0.6 is 12.4 Å². The van der Waals surface area contributed by atoms with Gasteiger partial charge in [0.15, 0.2) is 11.5 Å². The lowest BCUT2D eigenvalue weighted by Crippen LogP contribution is -2.55. The van der Waals surface area contributed by atoms with E-state index in [0.29, 0.717) is 19.8 Å². The van der Waals surface area contributed by atoms with Crippen molar-refractivity contribution in [2.75, 3.05) is 19.8 Å². The third kappa shape index (κ3) is 6.08. The van der Waals surface area contributed by atoms with E-state index in [1.54, 1.807) is 0 Å². The van der Waals surface area contributed by atoms with Gasteiger partial charge in [-0.25, -0.2) is 0 Å². The second-order valence-corrected chi connectivity index (χ2v) is 6.37. The van der Waals surface area contributed by atoms with Gasteiger partial charge in [-0.3, -0.25) is 4.79 Å². The summed E-state index contributed by atoms with van der Waals surface area (Å²) < 4.78 is 11.2. The van der Waals surface area contributed by atoms with Gasteiger partial charge < -0.3 is 20.5 Å². The summed E-state index contributed by atoms with van der Waals surface area (Å²) in [6.45, 7) is 5.68. The monoisotopic (exact) mass is 370 g/mol. The maximum atomic E-state index is 12.3. The molecule has 0 bridgehead atoms. The van der Waals surface area contributed by atoms with Gasteiger partial charge in [0.1, 0.15) is 0 Å². The molecule has 1 aromatic carbocycles. The molecule has 0 saturated heterocycles. The SMILES string of the molecule is CCOc1ccc(CCNC(=O)C2(N)CCCCC2)cc1OCC.Cl. The van der Waals surface area contributed by atoms with Crippen LogP contribution < -0.4 is 20.5 Å². The lowest BCUT2D eigenvalue weighted by molar-refractivity contribution is -0.127. The minimum Gasteiger partial charge on any atom is -0.490 e. The molecular formula is C19H31ClN2O3. The molecule has 1 saturated carbocycles. The Kier molecular flexibility index (Phi) is 9.08. The summed E-state index contributed by atoms with van der Waals surface area (Å²) in [5, 5.41) is 3.00. The van der Waals surface area contributed by atoms with Crippen molar-refractivity contribution in [1.29, 1.82) is 0 Å². The number of benzene rings is 1. The lowest BCUT2D eigenvalue weighted by Gasteiger charge is -2.31. The van der Waals surface area contributed by atoms with E-state index in [1.165, 1.54) is 6.42 Å². The maximum Gasteiger partial charge on any atom is 0.240 e. The molecule has 0 unspecified atom stereocenters. The first-order valence-electron chi connectivity index (χ1n) is 9.04. The largest absolute Gasteiger partial charge is 0.490 e. The van der Waals surface area contributed by atoms with Crippen molar-refractivity contribution in [3.8, 4) is 11.5 Å². The van der Waals surface area contributed by atoms with Crippen LogP contribution in [-0.4, -0.2) is 31.2 Å². The first-order chi connectivity index (χ1) is 11.6. The molecule has 0 spiro atoms. The predicted molar refractivity (Wildman–Crippen MR) is 103 cm³/mol. The fourth-order valence-corrected chi connectivity index (χ4v) is 3.16. The second-order valence-electron chi connectivity index (χ2n) is 6.37. The number of hydrogen-bond acceptors (Lipinski definition) is 4. The van der Waals surface area contributed by atoms with E-state index in [1.807, 2.05) is 32.0 Å². The van der Waals surface area contributed by atoms with Gasteiger partial charge in [-0.1, -0.05) is 25.3 Å². The van der Waals surface area contributed by atoms with E-state index in [2.05, 4.69) is 5.32 Å². The molecule has 0 heterocycles. The van der Waals surface area contributed by atoms with Crippen LogP contribution in [0, 0.1) is 0 Å². The summed E-state index contributed by atoms with van der Waals surface area (Å²) in [7, 11) is 0. The zero-order chi connectivity index (χ0) is 17.4. The van der Waals surface area contributed by atoms with Crippen molar-refractivity contribution >= 4 is 18.3 Å². The van der Waals surface area contributed by atoms with Gasteiger partial charge >= 0.3 is 0 Å². The van der Waals surface area contributed by atoms with Crippen LogP contribution in [0.5, 0.6) is 11.5 Å². The Balaban J connectivity index is 0.00000312. The van der Waals surface area contributed by atoms with Crippen molar-refractivity contribution in [3.63, 3.8) is 0 Å². The van der Waals surface area contributed by atoms with Crippen molar-refractivity contribution in [2.24, 2.45) is 5.73 Å². The number of nitrogens with two attached hydrogens (primary N) is 1. The Bertz CT molecular complexity index is 545. The summed E-state index contributed by atoms with van der Waals surface area (Å²) >= 11 is 0. The van der Waals surface area contributed by atoms with E-state index in [4.69, 9.17) is 15.2 Å². The van der Waals surface area contributed by atoms with Gasteiger partial charge in [-0.15, -0.1) is 12.4 Å². The fraction of sp³-hybridized carbons (Fsp3) is 0.632. The molecule has 5 nitrogen and oxygen atoms in total. The van der Waals surface area contributed by atoms with Gasteiger partial charge in [0, 0.05) is 6.54 Å². The number of carbonyl (C=O) groups excluding carboxylic acids is 1. The van der Waals surface area contributed by atoms with Gasteiger partial charge in [0.05, 0.1) is 18.8 Å². The highest BCUT2D eigenvalue weighted by Crippen LogP contribution is 2.29. The Labute approximate surface area is 157 Å². The van der Waals surface area contributed by atoms with E-state index >= 15 is 0 Å². The number of carbonyl (C=O) groups is 1. The van der Waals surface area contributed by atoms with E-state index in [9.17, 15) is 4.79 Å². The van der Waals surface area contributed by atoms with Crippen molar-refractivity contribution in [1.82, 2.24) is 5.32 Å². The summed E-state index contributed by atoms with van der Waals surface area (Å²) in [6, 6.07) is 5.93. The lowest BCUT2D eigenvalue weighted by atomic mass is 9.82. The second kappa shape index (κ2) is 10.5. The molecule has 142 valence electrons. The summed E-state index contributed by atoms with van der Waals surface area (Å²) in [5.74, 6) is 1.50. The Hall–Kier alpha value is -1.46. The molecule has 0 aromatic heterocycles. The Morgan fingerprint density at radius 1 is 1.12 bits per heavy atom. The van der Waals surface area contributed by atoms with E-state index in [-0.39, 0.29) is 18.3 Å². The molecule has 3 N–H and O–H groups in total. The van der Waals surface area contributed by atoms with E-state index < -0.39 is 5.54 Å². The molecule has 2 rings (SSSR count). The summed E-state index contributed by atoms with van der Waals surface area (Å²) in [5.41, 5.74) is 6.69. The quantitative estimate of drug-likeness (QED) is 0.736. The number of halogens is 1. The van der Waals surface area contributed by atoms with E-state index in [0.717, 1.165) is 49.2 Å². The molecular weight excluding hydrogens is 340 g/mol. The number of amides is 1. The smallest absolute Gasteiger partial charge is 0.240 e. The van der Waals surface area contributed by atoms with Crippen LogP contribution in [0.15, 0.2) is 18.2 Å². The zero-order valence-corrected chi connectivity index (χ0v) is 16.1. The fourth-order valence-electron chi connectivity index (χ4n) is 3.16. The number of rotatable bonds is 8. The molecule has 0 aliphatic heterocycles. The Morgan fingerprint density at radius 2 is 1.76 bits per heavy atom. The third-order valence-corrected chi connectivity index (χ3v) is 4.51. The molecule has 6 heteroatoms. The highest BCUT2D eigenvalue weighted by Gasteiger charge is 2.34. The van der Waals surface area contributed by atoms with Gasteiger partial charge in [-0.2, -0.15) is 0 Å². The third-order valence-electron chi connectivity index (χ3n) is 4.51. The minimum atomic E-state index is -0.673. The summed E-state index contributed by atoms with van der Waals surface area (Å²) in [4.78, 5) is 12.3.